The van der Waals surface area contributed by atoms with Gasteiger partial charge in [-0.1, -0.05) is 0 Å². The van der Waals surface area contributed by atoms with Crippen LogP contribution < -0.4 is 4.74 Å². The highest BCUT2D eigenvalue weighted by Gasteiger charge is 2.16. The quantitative estimate of drug-likeness (QED) is 0.823. The van der Waals surface area contributed by atoms with Crippen molar-refractivity contribution in [2.24, 2.45) is 0 Å². The van der Waals surface area contributed by atoms with E-state index in [1.807, 2.05) is 0 Å². The van der Waals surface area contributed by atoms with Crippen LogP contribution in [0.5, 0.6) is 5.75 Å². The molecule has 0 bridgehead atoms. The van der Waals surface area contributed by atoms with Gasteiger partial charge in [0.2, 0.25) is 0 Å². The maximum absolute atomic E-state index is 8.38. The van der Waals surface area contributed by atoms with Crippen molar-refractivity contribution in [1.29, 1.82) is 0 Å². The summed E-state index contributed by atoms with van der Waals surface area (Å²) in [5.41, 5.74) is 0.345. The summed E-state index contributed by atoms with van der Waals surface area (Å²) in [5.74, 6) is 0.278. The number of benzene rings is 1. The summed E-state index contributed by atoms with van der Waals surface area (Å²) in [4.78, 5) is 3.89. The van der Waals surface area contributed by atoms with E-state index in [0.717, 1.165) is 4.90 Å². The smallest absolute Gasteiger partial charge is 0.120 e. The third kappa shape index (κ3) is 1.80. The second-order valence-corrected chi connectivity index (χ2v) is 3.97. The molecule has 0 atom stereocenters. The van der Waals surface area contributed by atoms with Crippen molar-refractivity contribution < 1.29 is 14.3 Å². The van der Waals surface area contributed by atoms with Crippen molar-refractivity contribution in [3.05, 3.63) is 29.4 Å². The molecule has 2 heterocycles. The molecular formula is C14H18N2O. The van der Waals surface area contributed by atoms with Crippen molar-refractivity contribution in [3.8, 4) is 5.75 Å². The lowest BCUT2D eigenvalue weighted by atomic mass is 10.1. The van der Waals surface area contributed by atoms with E-state index in [-0.39, 0.29) is 29.6 Å². The molecule has 0 fully saturated rings. The molecular weight excluding hydrogens is 212 g/mol. The highest BCUT2D eigenvalue weighted by Crippen LogP contribution is 2.28. The zero-order valence-electron chi connectivity index (χ0n) is 16.7. The Morgan fingerprint density at radius 3 is 3.24 bits per heavy atom. The van der Waals surface area contributed by atoms with Gasteiger partial charge in [-0.2, -0.15) is 0 Å². The van der Waals surface area contributed by atoms with Crippen molar-refractivity contribution >= 4 is 10.9 Å². The van der Waals surface area contributed by atoms with Crippen LogP contribution in [0.2, 0.25) is 0 Å². The minimum atomic E-state index is -2.46. The van der Waals surface area contributed by atoms with E-state index in [9.17, 15) is 0 Å². The summed E-state index contributed by atoms with van der Waals surface area (Å²) in [7, 11) is 2.78. The first-order valence-electron chi connectivity index (χ1n) is 8.86. The number of aryl methyl sites for hydroxylation is 1. The molecule has 0 radical (unpaired) electrons. The van der Waals surface area contributed by atoms with Gasteiger partial charge >= 0.3 is 0 Å². The minimum Gasteiger partial charge on any atom is -0.497 e. The van der Waals surface area contributed by atoms with Crippen LogP contribution in [0.15, 0.2) is 18.2 Å². The van der Waals surface area contributed by atoms with Crippen molar-refractivity contribution in [1.82, 2.24) is 9.88 Å². The van der Waals surface area contributed by atoms with Crippen LogP contribution in [0.1, 0.15) is 20.9 Å². The van der Waals surface area contributed by atoms with Crippen LogP contribution in [-0.2, 0) is 12.7 Å². The Kier molecular flexibility index (Phi) is 1.30. The zero-order chi connectivity index (χ0) is 18.1. The normalized spacial score (nSPS) is 31.8. The molecule has 90 valence electrons. The molecule has 1 aliphatic heterocycles. The first-order valence-corrected chi connectivity index (χ1v) is 5.36. The lowest BCUT2D eigenvalue weighted by Crippen LogP contribution is -2.21. The number of hydrogen-bond acceptors (Lipinski definition) is 2. The molecule has 0 spiro atoms. The fraction of sp³-hybridized carbons (Fsp3) is 0.429. The summed E-state index contributed by atoms with van der Waals surface area (Å²) < 4.78 is 62.7. The number of hydrogen-bond donors (Lipinski definition) is 1. The number of methoxy groups -OCH3 is 1. The Hall–Kier alpha value is -1.48. The van der Waals surface area contributed by atoms with Gasteiger partial charge in [0.15, 0.2) is 0 Å². The van der Waals surface area contributed by atoms with Gasteiger partial charge in [-0.25, -0.2) is 0 Å². The number of likely N-dealkylation sites (N-methyl/N-ethyl adjacent to an activating group) is 1. The Morgan fingerprint density at radius 2 is 2.41 bits per heavy atom. The number of aromatic nitrogens is 1. The number of fused-ring (bicyclic) bond motifs is 3. The molecule has 0 saturated carbocycles. The van der Waals surface area contributed by atoms with E-state index in [2.05, 4.69) is 4.98 Å². The Bertz CT molecular complexity index is 815. The topological polar surface area (TPSA) is 28.3 Å². The first-order chi connectivity index (χ1) is 10.9. The van der Waals surface area contributed by atoms with E-state index >= 15 is 0 Å². The molecule has 1 N–H and O–H groups in total. The van der Waals surface area contributed by atoms with E-state index in [4.69, 9.17) is 14.3 Å². The highest BCUT2D eigenvalue weighted by atomic mass is 16.5. The number of ether oxygens (including phenoxy) is 1. The number of nitrogens with one attached hydrogen (secondary N) is 1. The SMILES string of the molecule is [2H]c1cc2c3c([nH]c2cc1OC)C([2H])([2H])C([2H])([2H])N(C)CC3([2H])[2H]. The number of nitrogens with zero attached hydrogens (tertiary/aromatic N) is 1. The molecule has 0 amide bonds. The van der Waals surface area contributed by atoms with Gasteiger partial charge < -0.3 is 14.6 Å². The molecule has 3 heteroatoms. The second-order valence-electron chi connectivity index (χ2n) is 3.97. The number of H-pyrrole nitrogens is 1. The van der Waals surface area contributed by atoms with Gasteiger partial charge in [0.25, 0.3) is 0 Å². The Morgan fingerprint density at radius 1 is 1.53 bits per heavy atom. The minimum absolute atomic E-state index is 0.0590. The second kappa shape index (κ2) is 4.08. The zero-order valence-corrected chi connectivity index (χ0v) is 9.72. The predicted octanol–water partition coefficient (Wildman–Crippen LogP) is 2.21. The van der Waals surface area contributed by atoms with Gasteiger partial charge in [0.1, 0.15) is 5.75 Å². The van der Waals surface area contributed by atoms with E-state index in [1.165, 1.54) is 26.3 Å². The Labute approximate surface area is 111 Å². The van der Waals surface area contributed by atoms with Crippen LogP contribution in [-0.4, -0.2) is 37.1 Å². The summed E-state index contributed by atoms with van der Waals surface area (Å²) in [6.45, 7) is -2.71. The standard InChI is InChI=1S/C14H18N2O/c1-16-7-5-12-11-4-3-10(17-2)9-14(11)15-13(12)6-8-16/h3-4,9,15H,5-8H2,1-2H3/i3D,5D2,6D2,8D2. The molecule has 2 aromatic rings. The van der Waals surface area contributed by atoms with E-state index in [1.54, 1.807) is 0 Å². The molecule has 3 nitrogen and oxygen atoms in total. The fourth-order valence-corrected chi connectivity index (χ4v) is 1.90. The average molecular weight is 237 g/mol. The average Bonchev–Trinajstić information content (AvgIpc) is 2.83. The fourth-order valence-electron chi connectivity index (χ4n) is 1.90. The molecule has 0 unspecified atom stereocenters. The van der Waals surface area contributed by atoms with Crippen LogP contribution in [0.3, 0.4) is 0 Å². The maximum Gasteiger partial charge on any atom is 0.120 e. The van der Waals surface area contributed by atoms with Crippen molar-refractivity contribution in [3.63, 3.8) is 0 Å². The Balaban J connectivity index is 2.42. The first kappa shape index (κ1) is 5.44. The largest absolute Gasteiger partial charge is 0.497 e. The highest BCUT2D eigenvalue weighted by molar-refractivity contribution is 5.86. The van der Waals surface area contributed by atoms with E-state index in [0.29, 0.717) is 10.9 Å². The van der Waals surface area contributed by atoms with Crippen LogP contribution in [0.4, 0.5) is 0 Å². The lowest BCUT2D eigenvalue weighted by molar-refractivity contribution is 0.352. The van der Waals surface area contributed by atoms with Crippen LogP contribution in [0, 0.1) is 0 Å². The van der Waals surface area contributed by atoms with Crippen molar-refractivity contribution in [2.75, 3.05) is 27.2 Å². The molecule has 0 saturated heterocycles. The molecule has 1 aromatic carbocycles. The van der Waals surface area contributed by atoms with Gasteiger partial charge in [0.05, 0.1) is 8.48 Å². The molecule has 1 aliphatic rings. The third-order valence-corrected chi connectivity index (χ3v) is 2.79. The van der Waals surface area contributed by atoms with Gasteiger partial charge in [-0.05, 0) is 31.1 Å². The lowest BCUT2D eigenvalue weighted by Gasteiger charge is -2.11. The van der Waals surface area contributed by atoms with Crippen LogP contribution in [0.25, 0.3) is 10.9 Å². The van der Waals surface area contributed by atoms with Crippen LogP contribution >= 0.6 is 0 Å². The molecule has 0 aliphatic carbocycles. The number of rotatable bonds is 1. The maximum atomic E-state index is 8.38. The molecule has 3 rings (SSSR count). The molecule has 17 heavy (non-hydrogen) atoms. The van der Waals surface area contributed by atoms with E-state index < -0.39 is 19.2 Å². The van der Waals surface area contributed by atoms with Gasteiger partial charge in [-0.3, -0.25) is 0 Å². The van der Waals surface area contributed by atoms with Gasteiger partial charge in [-0.15, -0.1) is 0 Å². The summed E-state index contributed by atoms with van der Waals surface area (Å²) in [6, 6.07) is 3.00. The summed E-state index contributed by atoms with van der Waals surface area (Å²) in [6.07, 6.45) is -4.45. The predicted molar refractivity (Wildman–Crippen MR) is 69.8 cm³/mol. The van der Waals surface area contributed by atoms with Gasteiger partial charge in [0, 0.05) is 50.3 Å². The van der Waals surface area contributed by atoms with Crippen molar-refractivity contribution in [2.45, 2.75) is 12.7 Å². The monoisotopic (exact) mass is 237 g/mol. The summed E-state index contributed by atoms with van der Waals surface area (Å²) in [5, 5.41) is 0.371. The summed E-state index contributed by atoms with van der Waals surface area (Å²) >= 11 is 0. The third-order valence-electron chi connectivity index (χ3n) is 2.79. The molecule has 1 aromatic heterocycles. The number of aromatic amines is 1.